The topological polar surface area (TPSA) is 48.9 Å². The average Bonchev–Trinajstić information content (AvgIpc) is 3.10. The van der Waals surface area contributed by atoms with Crippen molar-refractivity contribution in [2.75, 3.05) is 46.9 Å². The summed E-state index contributed by atoms with van der Waals surface area (Å²) in [7, 11) is 3.60. The SMILES string of the molecule is CN=C(NCC1CCN(CCc2ccccc2)C1)NCC(OC)C(C)(C)C.I. The predicted molar refractivity (Wildman–Crippen MR) is 130 cm³/mol. The smallest absolute Gasteiger partial charge is 0.191 e. The van der Waals surface area contributed by atoms with Gasteiger partial charge in [0.25, 0.3) is 0 Å². The number of ether oxygens (including phenoxy) is 1. The second-order valence-corrected chi connectivity index (χ2v) is 8.62. The molecule has 0 aromatic heterocycles. The number of benzene rings is 1. The molecule has 2 unspecified atom stereocenters. The molecule has 1 aromatic carbocycles. The van der Waals surface area contributed by atoms with E-state index in [0.717, 1.165) is 32.0 Å². The number of nitrogens with zero attached hydrogens (tertiary/aromatic N) is 2. The third-order valence-corrected chi connectivity index (χ3v) is 5.42. The minimum Gasteiger partial charge on any atom is -0.379 e. The van der Waals surface area contributed by atoms with Crippen LogP contribution < -0.4 is 10.6 Å². The molecule has 0 spiro atoms. The van der Waals surface area contributed by atoms with Crippen LogP contribution in [0, 0.1) is 11.3 Å². The Kier molecular flexibility index (Phi) is 11.4. The zero-order valence-corrected chi connectivity index (χ0v) is 20.5. The lowest BCUT2D eigenvalue weighted by Gasteiger charge is -2.30. The molecule has 28 heavy (non-hydrogen) atoms. The van der Waals surface area contributed by atoms with Crippen LogP contribution in [0.3, 0.4) is 0 Å². The second-order valence-electron chi connectivity index (χ2n) is 8.62. The molecule has 1 aliphatic heterocycles. The quantitative estimate of drug-likeness (QED) is 0.325. The molecular formula is C22H39IN4O. The summed E-state index contributed by atoms with van der Waals surface area (Å²) in [6.07, 6.45) is 2.53. The molecular weight excluding hydrogens is 463 g/mol. The molecule has 2 rings (SSSR count). The Morgan fingerprint density at radius 1 is 1.25 bits per heavy atom. The lowest BCUT2D eigenvalue weighted by Crippen LogP contribution is -2.46. The van der Waals surface area contributed by atoms with Crippen LogP contribution in [0.1, 0.15) is 32.8 Å². The van der Waals surface area contributed by atoms with E-state index in [9.17, 15) is 0 Å². The minimum absolute atomic E-state index is 0. The maximum atomic E-state index is 5.61. The first-order valence-electron chi connectivity index (χ1n) is 10.2. The Balaban J connectivity index is 0.00000392. The Bertz CT molecular complexity index is 574. The van der Waals surface area contributed by atoms with E-state index < -0.39 is 0 Å². The molecule has 1 aromatic rings. The van der Waals surface area contributed by atoms with Gasteiger partial charge in [-0.25, -0.2) is 0 Å². The van der Waals surface area contributed by atoms with E-state index in [-0.39, 0.29) is 35.5 Å². The molecule has 5 nitrogen and oxygen atoms in total. The highest BCUT2D eigenvalue weighted by molar-refractivity contribution is 14.0. The van der Waals surface area contributed by atoms with Gasteiger partial charge in [0, 0.05) is 40.3 Å². The summed E-state index contributed by atoms with van der Waals surface area (Å²) in [5, 5.41) is 6.90. The highest BCUT2D eigenvalue weighted by Crippen LogP contribution is 2.21. The molecule has 1 aliphatic rings. The van der Waals surface area contributed by atoms with E-state index in [0.29, 0.717) is 5.92 Å². The number of guanidine groups is 1. The molecule has 0 bridgehead atoms. The lowest BCUT2D eigenvalue weighted by molar-refractivity contribution is 0.0205. The van der Waals surface area contributed by atoms with E-state index in [1.807, 2.05) is 7.05 Å². The van der Waals surface area contributed by atoms with Gasteiger partial charge in [-0.3, -0.25) is 4.99 Å². The van der Waals surface area contributed by atoms with Crippen LogP contribution in [-0.4, -0.2) is 63.8 Å². The number of hydrogen-bond acceptors (Lipinski definition) is 3. The predicted octanol–water partition coefficient (Wildman–Crippen LogP) is 3.40. The first-order valence-corrected chi connectivity index (χ1v) is 10.2. The molecule has 1 saturated heterocycles. The van der Waals surface area contributed by atoms with Crippen molar-refractivity contribution < 1.29 is 4.74 Å². The molecule has 0 amide bonds. The number of aliphatic imine (C=N–C) groups is 1. The Morgan fingerprint density at radius 2 is 1.96 bits per heavy atom. The zero-order chi connectivity index (χ0) is 19.7. The monoisotopic (exact) mass is 502 g/mol. The van der Waals surface area contributed by atoms with Crippen molar-refractivity contribution in [1.82, 2.24) is 15.5 Å². The largest absolute Gasteiger partial charge is 0.379 e. The molecule has 1 fully saturated rings. The van der Waals surface area contributed by atoms with Gasteiger partial charge in [-0.2, -0.15) is 0 Å². The molecule has 160 valence electrons. The van der Waals surface area contributed by atoms with Gasteiger partial charge >= 0.3 is 0 Å². The lowest BCUT2D eigenvalue weighted by atomic mass is 9.89. The van der Waals surface area contributed by atoms with Gasteiger partial charge in [-0.05, 0) is 36.3 Å². The van der Waals surface area contributed by atoms with Crippen molar-refractivity contribution in [2.24, 2.45) is 16.3 Å². The molecule has 0 aliphatic carbocycles. The van der Waals surface area contributed by atoms with Gasteiger partial charge in [-0.15, -0.1) is 24.0 Å². The average molecular weight is 502 g/mol. The number of halogens is 1. The molecule has 2 N–H and O–H groups in total. The van der Waals surface area contributed by atoms with Gasteiger partial charge in [0.15, 0.2) is 5.96 Å². The summed E-state index contributed by atoms with van der Waals surface area (Å²) in [6.45, 7) is 11.8. The first kappa shape index (κ1) is 25.2. The third kappa shape index (κ3) is 8.66. The van der Waals surface area contributed by atoms with Crippen molar-refractivity contribution in [1.29, 1.82) is 0 Å². The number of methoxy groups -OCH3 is 1. The second kappa shape index (κ2) is 12.6. The number of hydrogen-bond donors (Lipinski definition) is 2. The molecule has 2 atom stereocenters. The van der Waals surface area contributed by atoms with Crippen molar-refractivity contribution in [3.8, 4) is 0 Å². The Hall–Kier alpha value is -0.860. The number of rotatable bonds is 8. The zero-order valence-electron chi connectivity index (χ0n) is 18.2. The third-order valence-electron chi connectivity index (χ3n) is 5.42. The first-order chi connectivity index (χ1) is 12.9. The van der Waals surface area contributed by atoms with E-state index in [1.54, 1.807) is 7.11 Å². The van der Waals surface area contributed by atoms with E-state index in [2.05, 4.69) is 71.6 Å². The molecule has 6 heteroatoms. The van der Waals surface area contributed by atoms with Gasteiger partial charge in [0.2, 0.25) is 0 Å². The summed E-state index contributed by atoms with van der Waals surface area (Å²) in [5.41, 5.74) is 1.53. The normalized spacial score (nSPS) is 19.2. The van der Waals surface area contributed by atoms with Crippen LogP contribution in [0.15, 0.2) is 35.3 Å². The van der Waals surface area contributed by atoms with E-state index in [4.69, 9.17) is 4.74 Å². The standard InChI is InChI=1S/C22H38N4O.HI/c1-22(2,3)20(27-5)16-25-21(23-4)24-15-19-12-14-26(17-19)13-11-18-9-7-6-8-10-18;/h6-10,19-20H,11-17H2,1-5H3,(H2,23,24,25);1H. The number of likely N-dealkylation sites (tertiary alicyclic amines) is 1. The molecule has 1 heterocycles. The summed E-state index contributed by atoms with van der Waals surface area (Å²) in [4.78, 5) is 6.94. The highest BCUT2D eigenvalue weighted by Gasteiger charge is 2.25. The van der Waals surface area contributed by atoms with Crippen LogP contribution in [-0.2, 0) is 11.2 Å². The fourth-order valence-corrected chi connectivity index (χ4v) is 3.61. The van der Waals surface area contributed by atoms with Gasteiger partial charge in [-0.1, -0.05) is 51.1 Å². The van der Waals surface area contributed by atoms with E-state index in [1.165, 1.54) is 25.1 Å². The Morgan fingerprint density at radius 3 is 2.57 bits per heavy atom. The van der Waals surface area contributed by atoms with Crippen molar-refractivity contribution in [2.45, 2.75) is 39.7 Å². The molecule has 0 radical (unpaired) electrons. The van der Waals surface area contributed by atoms with E-state index >= 15 is 0 Å². The minimum atomic E-state index is 0. The maximum Gasteiger partial charge on any atom is 0.191 e. The number of nitrogens with one attached hydrogen (secondary N) is 2. The fraction of sp³-hybridized carbons (Fsp3) is 0.682. The van der Waals surface area contributed by atoms with Crippen LogP contribution in [0.2, 0.25) is 0 Å². The molecule has 0 saturated carbocycles. The maximum absolute atomic E-state index is 5.61. The summed E-state index contributed by atoms with van der Waals surface area (Å²) < 4.78 is 5.61. The van der Waals surface area contributed by atoms with Crippen molar-refractivity contribution in [3.05, 3.63) is 35.9 Å². The van der Waals surface area contributed by atoms with Crippen LogP contribution in [0.4, 0.5) is 0 Å². The summed E-state index contributed by atoms with van der Waals surface area (Å²) >= 11 is 0. The Labute approximate surface area is 188 Å². The van der Waals surface area contributed by atoms with Crippen LogP contribution in [0.5, 0.6) is 0 Å². The highest BCUT2D eigenvalue weighted by atomic mass is 127. The van der Waals surface area contributed by atoms with Gasteiger partial charge in [0.1, 0.15) is 0 Å². The summed E-state index contributed by atoms with van der Waals surface area (Å²) in [5.74, 6) is 1.55. The summed E-state index contributed by atoms with van der Waals surface area (Å²) in [6, 6.07) is 10.8. The van der Waals surface area contributed by atoms with Crippen LogP contribution >= 0.6 is 24.0 Å². The van der Waals surface area contributed by atoms with Crippen molar-refractivity contribution >= 4 is 29.9 Å². The van der Waals surface area contributed by atoms with Crippen LogP contribution in [0.25, 0.3) is 0 Å². The van der Waals surface area contributed by atoms with Crippen molar-refractivity contribution in [3.63, 3.8) is 0 Å². The van der Waals surface area contributed by atoms with Gasteiger partial charge < -0.3 is 20.3 Å². The van der Waals surface area contributed by atoms with Gasteiger partial charge in [0.05, 0.1) is 6.10 Å². The fourth-order valence-electron chi connectivity index (χ4n) is 3.61.